The highest BCUT2D eigenvalue weighted by Gasteiger charge is 2.43. The highest BCUT2D eigenvalue weighted by Crippen LogP contribution is 2.19. The summed E-state index contributed by atoms with van der Waals surface area (Å²) in [5.74, 6) is -1.49. The molecule has 4 atom stereocenters. The zero-order valence-corrected chi connectivity index (χ0v) is 9.91. The van der Waals surface area contributed by atoms with Crippen molar-refractivity contribution in [3.05, 3.63) is 11.4 Å². The van der Waals surface area contributed by atoms with Crippen molar-refractivity contribution in [3.63, 3.8) is 0 Å². The molecule has 0 bridgehead atoms. The van der Waals surface area contributed by atoms with Gasteiger partial charge in [-0.3, -0.25) is 10.2 Å². The van der Waals surface area contributed by atoms with E-state index in [1.165, 1.54) is 0 Å². The van der Waals surface area contributed by atoms with Crippen molar-refractivity contribution in [2.45, 2.75) is 24.5 Å². The van der Waals surface area contributed by atoms with Gasteiger partial charge in [-0.05, 0) is 0 Å². The van der Waals surface area contributed by atoms with E-state index in [9.17, 15) is 15.0 Å². The van der Waals surface area contributed by atoms with Gasteiger partial charge in [-0.25, -0.2) is 0 Å². The number of carbonyl (C=O) groups excluding carboxylic acids is 1. The molecule has 1 heterocycles. The van der Waals surface area contributed by atoms with Crippen LogP contribution in [0, 0.1) is 5.41 Å². The van der Waals surface area contributed by atoms with Crippen molar-refractivity contribution >= 4 is 11.7 Å². The topological polar surface area (TPSA) is 201 Å². The molecule has 0 aromatic carbocycles. The van der Waals surface area contributed by atoms with Crippen molar-refractivity contribution in [1.29, 1.82) is 5.41 Å². The van der Waals surface area contributed by atoms with Gasteiger partial charge in [0.05, 0.1) is 6.61 Å². The first-order valence-corrected chi connectivity index (χ1v) is 5.32. The van der Waals surface area contributed by atoms with Gasteiger partial charge >= 0.3 is 0 Å². The van der Waals surface area contributed by atoms with Crippen LogP contribution in [0.3, 0.4) is 0 Å². The van der Waals surface area contributed by atoms with Crippen LogP contribution in [0.15, 0.2) is 11.4 Å². The SMILES string of the molecule is N=C(N)/C(N)=C(\N)C(=O)NC1OC(CO)C(O)C1O. The predicted molar refractivity (Wildman–Crippen MR) is 63.2 cm³/mol. The quantitative estimate of drug-likeness (QED) is 0.143. The number of ether oxygens (including phenoxy) is 1. The van der Waals surface area contributed by atoms with E-state index in [0.29, 0.717) is 0 Å². The van der Waals surface area contributed by atoms with Crippen LogP contribution in [-0.4, -0.2) is 58.2 Å². The summed E-state index contributed by atoms with van der Waals surface area (Å²) >= 11 is 0. The molecule has 1 saturated heterocycles. The molecular weight excluding hydrogens is 258 g/mol. The number of aliphatic hydroxyl groups excluding tert-OH is 3. The summed E-state index contributed by atoms with van der Waals surface area (Å²) in [6, 6.07) is 0. The number of hydrogen-bond donors (Lipinski definition) is 8. The minimum Gasteiger partial charge on any atom is -0.394 e. The number of nitrogens with two attached hydrogens (primary N) is 3. The van der Waals surface area contributed by atoms with E-state index in [0.717, 1.165) is 0 Å². The van der Waals surface area contributed by atoms with Gasteiger partial charge in [0.1, 0.15) is 35.5 Å². The van der Waals surface area contributed by atoms with Crippen LogP contribution in [0.2, 0.25) is 0 Å². The van der Waals surface area contributed by atoms with Gasteiger partial charge in [0.2, 0.25) is 0 Å². The van der Waals surface area contributed by atoms with E-state index in [4.69, 9.17) is 32.5 Å². The lowest BCUT2D eigenvalue weighted by molar-refractivity contribution is -0.124. The average molecular weight is 275 g/mol. The van der Waals surface area contributed by atoms with Crippen LogP contribution in [0.25, 0.3) is 0 Å². The Hall–Kier alpha value is -1.88. The molecule has 0 aliphatic carbocycles. The van der Waals surface area contributed by atoms with Gasteiger partial charge in [-0.15, -0.1) is 0 Å². The Kier molecular flexibility index (Phi) is 4.67. The Morgan fingerprint density at radius 1 is 1.21 bits per heavy atom. The molecule has 10 nitrogen and oxygen atoms in total. The van der Waals surface area contributed by atoms with Crippen LogP contribution in [0.1, 0.15) is 0 Å². The molecule has 4 unspecified atom stereocenters. The van der Waals surface area contributed by atoms with Crippen LogP contribution in [-0.2, 0) is 9.53 Å². The van der Waals surface area contributed by atoms with E-state index in [1.54, 1.807) is 0 Å². The second kappa shape index (κ2) is 5.84. The van der Waals surface area contributed by atoms with E-state index < -0.39 is 54.3 Å². The molecule has 108 valence electrons. The fourth-order valence-corrected chi connectivity index (χ4v) is 1.49. The molecule has 0 spiro atoms. The third-order valence-electron chi connectivity index (χ3n) is 2.64. The smallest absolute Gasteiger partial charge is 0.271 e. The minimum atomic E-state index is -1.42. The number of rotatable bonds is 4. The van der Waals surface area contributed by atoms with Crippen LogP contribution < -0.4 is 22.5 Å². The molecular formula is C9H17N5O5. The Balaban J connectivity index is 2.74. The Morgan fingerprint density at radius 3 is 2.21 bits per heavy atom. The molecule has 10 heteroatoms. The number of amidine groups is 1. The largest absolute Gasteiger partial charge is 0.394 e. The summed E-state index contributed by atoms with van der Waals surface area (Å²) in [5.41, 5.74) is 14.8. The maximum absolute atomic E-state index is 11.6. The van der Waals surface area contributed by atoms with Gasteiger partial charge in [-0.2, -0.15) is 0 Å². The van der Waals surface area contributed by atoms with Crippen molar-refractivity contribution in [2.24, 2.45) is 17.2 Å². The summed E-state index contributed by atoms with van der Waals surface area (Å²) in [5, 5.41) is 37.1. The lowest BCUT2D eigenvalue weighted by atomic mass is 10.1. The fraction of sp³-hybridized carbons (Fsp3) is 0.556. The fourth-order valence-electron chi connectivity index (χ4n) is 1.49. The van der Waals surface area contributed by atoms with Crippen molar-refractivity contribution in [2.75, 3.05) is 6.61 Å². The molecule has 1 aliphatic rings. The molecule has 11 N–H and O–H groups in total. The van der Waals surface area contributed by atoms with Gasteiger partial charge in [-0.1, -0.05) is 0 Å². The lowest BCUT2D eigenvalue weighted by Crippen LogP contribution is -2.46. The summed E-state index contributed by atoms with van der Waals surface area (Å²) in [6.45, 7) is -0.522. The molecule has 0 saturated carbocycles. The first-order chi connectivity index (χ1) is 8.79. The van der Waals surface area contributed by atoms with E-state index in [-0.39, 0.29) is 0 Å². The summed E-state index contributed by atoms with van der Waals surface area (Å²) in [7, 11) is 0. The van der Waals surface area contributed by atoms with Crippen molar-refractivity contribution in [3.8, 4) is 0 Å². The molecule has 0 aromatic rings. The first-order valence-electron chi connectivity index (χ1n) is 5.32. The maximum atomic E-state index is 11.6. The van der Waals surface area contributed by atoms with E-state index in [1.807, 2.05) is 0 Å². The van der Waals surface area contributed by atoms with Gasteiger partial charge in [0, 0.05) is 0 Å². The second-order valence-corrected chi connectivity index (χ2v) is 3.97. The predicted octanol–water partition coefficient (Wildman–Crippen LogP) is -4.39. The highest BCUT2D eigenvalue weighted by molar-refractivity contribution is 6.03. The van der Waals surface area contributed by atoms with Crippen molar-refractivity contribution in [1.82, 2.24) is 5.32 Å². The Bertz CT molecular complexity index is 412. The number of carbonyl (C=O) groups is 1. The molecule has 0 radical (unpaired) electrons. The molecule has 1 fully saturated rings. The average Bonchev–Trinajstić information content (AvgIpc) is 2.64. The van der Waals surface area contributed by atoms with E-state index in [2.05, 4.69) is 5.32 Å². The number of nitrogens with one attached hydrogen (secondary N) is 2. The zero-order chi connectivity index (χ0) is 14.7. The van der Waals surface area contributed by atoms with Crippen molar-refractivity contribution < 1.29 is 24.9 Å². The standard InChI is InChI=1S/C9H17N5O5/c10-3(7(12)13)4(11)8(18)14-9-6(17)5(16)2(1-15)19-9/h2,5-6,9,15-17H,1,10-11H2,(H3,12,13)(H,14,18)/b4-3+. The van der Waals surface area contributed by atoms with Crippen LogP contribution >= 0.6 is 0 Å². The van der Waals surface area contributed by atoms with Gasteiger partial charge < -0.3 is 42.6 Å². The number of hydrogen-bond acceptors (Lipinski definition) is 8. The second-order valence-electron chi connectivity index (χ2n) is 3.97. The Morgan fingerprint density at radius 2 is 1.79 bits per heavy atom. The summed E-state index contributed by atoms with van der Waals surface area (Å²) in [4.78, 5) is 11.6. The molecule has 1 aliphatic heterocycles. The molecule has 19 heavy (non-hydrogen) atoms. The number of aliphatic hydroxyl groups is 3. The normalized spacial score (nSPS) is 31.7. The van der Waals surface area contributed by atoms with E-state index >= 15 is 0 Å². The van der Waals surface area contributed by atoms with Crippen LogP contribution in [0.4, 0.5) is 0 Å². The minimum absolute atomic E-state index is 0.413. The summed E-state index contributed by atoms with van der Waals surface area (Å²) < 4.78 is 5.01. The molecule has 1 rings (SSSR count). The first kappa shape index (κ1) is 15.2. The van der Waals surface area contributed by atoms with Crippen LogP contribution in [0.5, 0.6) is 0 Å². The van der Waals surface area contributed by atoms with Gasteiger partial charge in [0.25, 0.3) is 5.91 Å². The molecule has 1 amide bonds. The third kappa shape index (κ3) is 3.12. The third-order valence-corrected chi connectivity index (χ3v) is 2.64. The zero-order valence-electron chi connectivity index (χ0n) is 9.91. The molecule has 0 aromatic heterocycles. The summed E-state index contributed by atoms with van der Waals surface area (Å²) in [6.07, 6.45) is -5.04. The van der Waals surface area contributed by atoms with Gasteiger partial charge in [0.15, 0.2) is 6.23 Å². The monoisotopic (exact) mass is 275 g/mol. The Labute approximate surface area is 108 Å². The number of amides is 1. The maximum Gasteiger partial charge on any atom is 0.271 e. The lowest BCUT2D eigenvalue weighted by Gasteiger charge is -2.17. The highest BCUT2D eigenvalue weighted by atomic mass is 16.6.